The average Bonchev–Trinajstić information content (AvgIpc) is 3.19. The van der Waals surface area contributed by atoms with Crippen molar-refractivity contribution >= 4 is 23.6 Å². The maximum atomic E-state index is 13.9. The number of nitrogens with zero attached hydrogens (tertiary/aromatic N) is 1. The first-order valence-corrected chi connectivity index (χ1v) is 20.9. The van der Waals surface area contributed by atoms with Crippen LogP contribution in [0, 0.1) is 30.1 Å². The number of terminal acetylenes is 1. The number of carbonyl (C=O) groups is 4. The third kappa shape index (κ3) is 11.4. The maximum absolute atomic E-state index is 13.9. The Labute approximate surface area is 340 Å². The van der Waals surface area contributed by atoms with Crippen molar-refractivity contribution in [1.82, 2.24) is 20.9 Å². The minimum absolute atomic E-state index is 0.0233. The molecule has 4 amide bonds. The summed E-state index contributed by atoms with van der Waals surface area (Å²) in [5.74, 6) is -0.580. The predicted molar refractivity (Wildman–Crippen MR) is 204 cm³/mol. The highest BCUT2D eigenvalue weighted by Crippen LogP contribution is 2.40. The van der Waals surface area contributed by atoms with Gasteiger partial charge in [-0.15, -0.1) is 6.42 Å². The third-order valence-electron chi connectivity index (χ3n) is 12.3. The molecule has 0 aromatic heterocycles. The van der Waals surface area contributed by atoms with Gasteiger partial charge in [0.05, 0.1) is 24.9 Å². The predicted octanol–water partition coefficient (Wildman–Crippen LogP) is -1.57. The van der Waals surface area contributed by atoms with Crippen LogP contribution in [0.3, 0.4) is 0 Å². The zero-order valence-electron chi connectivity index (χ0n) is 33.8. The molecular weight excluding hydrogens is 760 g/mol. The van der Waals surface area contributed by atoms with E-state index in [1.165, 1.54) is 13.8 Å². The lowest BCUT2D eigenvalue weighted by Gasteiger charge is -2.49. The Bertz CT molecular complexity index is 1420. The molecule has 5 rings (SSSR count). The van der Waals surface area contributed by atoms with Crippen LogP contribution in [-0.4, -0.2) is 167 Å². The van der Waals surface area contributed by atoms with E-state index in [4.69, 9.17) is 30.1 Å². The normalized spacial score (nSPS) is 37.5. The van der Waals surface area contributed by atoms with Gasteiger partial charge in [0.15, 0.2) is 12.6 Å². The third-order valence-corrected chi connectivity index (χ3v) is 12.3. The highest BCUT2D eigenvalue weighted by Gasteiger charge is 2.53. The van der Waals surface area contributed by atoms with Crippen molar-refractivity contribution in [2.45, 2.75) is 165 Å². The zero-order chi connectivity index (χ0) is 42.1. The SMILES string of the molecule is C#CC(=O)NCCNC(=O)C1CC(O[C@@H]2O[C@@H](CO)C(O)C(O[C@@H](CC3CCCCC3)C(=O)N3CCC3)C2NC(C)=O)C(OC2OC(C)C(O)C(O)C2O)[C@H](CC)C1. The number of amides is 4. The van der Waals surface area contributed by atoms with Gasteiger partial charge in [0, 0.05) is 39.0 Å². The minimum atomic E-state index is -1.64. The molecule has 0 aromatic rings. The molecule has 18 nitrogen and oxygen atoms in total. The summed E-state index contributed by atoms with van der Waals surface area (Å²) in [4.78, 5) is 53.6. The molecule has 0 bridgehead atoms. The van der Waals surface area contributed by atoms with Gasteiger partial charge in [-0.3, -0.25) is 19.2 Å². The standard InChI is InChI=1S/C40H64N4O14/c1-5-24-18-25(37(52)42-14-13-41-29(47)6-2)19-26(35(24)58-40-34(51)33(50)31(48)21(3)54-40)56-39-30(43-22(4)46)36(32(49)28(20-45)57-39)55-27(38(53)44-15-10-16-44)17-23-11-8-7-9-12-23/h2,21,23-28,30-36,39-40,45,48-51H,5,7-20H2,1,3-4H3,(H,41,47)(H,42,52)(H,43,46)/t21?,24-,25?,26?,27+,28+,30?,31?,32?,33?,34?,35?,36?,39-,40?/m1/s1. The Morgan fingerprint density at radius 3 is 2.21 bits per heavy atom. The minimum Gasteiger partial charge on any atom is -0.394 e. The lowest BCUT2D eigenvalue weighted by Crippen LogP contribution is -2.67. The summed E-state index contributed by atoms with van der Waals surface area (Å²) in [6, 6.07) is -1.21. The van der Waals surface area contributed by atoms with E-state index >= 15 is 0 Å². The molecule has 3 aliphatic heterocycles. The second-order valence-corrected chi connectivity index (χ2v) is 16.4. The molecule has 2 aliphatic carbocycles. The van der Waals surface area contributed by atoms with Crippen molar-refractivity contribution in [2.75, 3.05) is 32.8 Å². The van der Waals surface area contributed by atoms with E-state index in [9.17, 15) is 44.7 Å². The molecule has 15 atom stereocenters. The highest BCUT2D eigenvalue weighted by atomic mass is 16.7. The van der Waals surface area contributed by atoms with Crippen molar-refractivity contribution in [3.63, 3.8) is 0 Å². The largest absolute Gasteiger partial charge is 0.394 e. The topological polar surface area (TPSA) is 255 Å². The second kappa shape index (κ2) is 21.5. The van der Waals surface area contributed by atoms with Crippen molar-refractivity contribution in [2.24, 2.45) is 17.8 Å². The molecule has 5 fully saturated rings. The van der Waals surface area contributed by atoms with E-state index in [0.29, 0.717) is 32.4 Å². The van der Waals surface area contributed by atoms with E-state index in [1.54, 1.807) is 4.90 Å². The van der Waals surface area contributed by atoms with Crippen LogP contribution in [-0.2, 0) is 42.9 Å². The fraction of sp³-hybridized carbons (Fsp3) is 0.850. The molecule has 0 aromatic carbocycles. The van der Waals surface area contributed by atoms with Crippen LogP contribution in [0.4, 0.5) is 0 Å². The Balaban J connectivity index is 1.44. The fourth-order valence-electron chi connectivity index (χ4n) is 8.87. The quantitative estimate of drug-likeness (QED) is 0.0647. The summed E-state index contributed by atoms with van der Waals surface area (Å²) in [7, 11) is 0. The van der Waals surface area contributed by atoms with Gasteiger partial charge in [0.2, 0.25) is 11.8 Å². The molecule has 18 heteroatoms. The number of aliphatic hydroxyl groups is 5. The smallest absolute Gasteiger partial charge is 0.295 e. The number of rotatable bonds is 16. The molecule has 2 saturated carbocycles. The summed E-state index contributed by atoms with van der Waals surface area (Å²) in [6.45, 7) is 5.38. The first-order valence-electron chi connectivity index (χ1n) is 20.9. The fourth-order valence-corrected chi connectivity index (χ4v) is 8.87. The molecule has 3 heterocycles. The van der Waals surface area contributed by atoms with Gasteiger partial charge < -0.3 is 70.1 Å². The van der Waals surface area contributed by atoms with Crippen LogP contribution in [0.2, 0.25) is 0 Å². The average molecular weight is 825 g/mol. The van der Waals surface area contributed by atoms with Gasteiger partial charge in [0.25, 0.3) is 11.8 Å². The van der Waals surface area contributed by atoms with Crippen LogP contribution in [0.25, 0.3) is 0 Å². The Morgan fingerprint density at radius 1 is 0.879 bits per heavy atom. The first kappa shape index (κ1) is 46.1. The lowest BCUT2D eigenvalue weighted by molar-refractivity contribution is -0.338. The summed E-state index contributed by atoms with van der Waals surface area (Å²) < 4.78 is 31.7. The Morgan fingerprint density at radius 2 is 1.59 bits per heavy atom. The summed E-state index contributed by atoms with van der Waals surface area (Å²) in [6.07, 6.45) is -2.97. The number of ether oxygens (including phenoxy) is 5. The van der Waals surface area contributed by atoms with E-state index in [0.717, 1.165) is 38.5 Å². The van der Waals surface area contributed by atoms with Crippen LogP contribution in [0.1, 0.15) is 85.0 Å². The van der Waals surface area contributed by atoms with Gasteiger partial charge in [-0.25, -0.2) is 0 Å². The number of likely N-dealkylation sites (tertiary alicyclic amines) is 1. The van der Waals surface area contributed by atoms with Crippen LogP contribution in [0.5, 0.6) is 0 Å². The van der Waals surface area contributed by atoms with Crippen molar-refractivity contribution < 1.29 is 68.4 Å². The number of aliphatic hydroxyl groups excluding tert-OH is 5. The molecule has 0 radical (unpaired) electrons. The van der Waals surface area contributed by atoms with E-state index in [1.807, 2.05) is 12.8 Å². The second-order valence-electron chi connectivity index (χ2n) is 16.4. The van der Waals surface area contributed by atoms with Crippen LogP contribution >= 0.6 is 0 Å². The van der Waals surface area contributed by atoms with Gasteiger partial charge in [-0.05, 0) is 50.4 Å². The van der Waals surface area contributed by atoms with Gasteiger partial charge in [-0.2, -0.15) is 0 Å². The molecule has 8 N–H and O–H groups in total. The molecule has 58 heavy (non-hydrogen) atoms. The van der Waals surface area contributed by atoms with E-state index < -0.39 is 110 Å². The highest BCUT2D eigenvalue weighted by molar-refractivity contribution is 5.92. The van der Waals surface area contributed by atoms with Crippen molar-refractivity contribution in [3.05, 3.63) is 0 Å². The maximum Gasteiger partial charge on any atom is 0.295 e. The summed E-state index contributed by atoms with van der Waals surface area (Å²) in [5, 5.41) is 62.1. The molecule has 0 spiro atoms. The number of carbonyl (C=O) groups excluding carboxylic acids is 4. The van der Waals surface area contributed by atoms with E-state index in [-0.39, 0.29) is 37.2 Å². The molecule has 3 saturated heterocycles. The van der Waals surface area contributed by atoms with Crippen molar-refractivity contribution in [3.8, 4) is 12.3 Å². The van der Waals surface area contributed by atoms with Gasteiger partial charge >= 0.3 is 0 Å². The van der Waals surface area contributed by atoms with Crippen LogP contribution in [0.15, 0.2) is 0 Å². The molecule has 328 valence electrons. The Kier molecular flexibility index (Phi) is 17.1. The molecule has 11 unspecified atom stereocenters. The molecule has 5 aliphatic rings. The summed E-state index contributed by atoms with van der Waals surface area (Å²) in [5.41, 5.74) is 0. The summed E-state index contributed by atoms with van der Waals surface area (Å²) >= 11 is 0. The van der Waals surface area contributed by atoms with Crippen LogP contribution < -0.4 is 16.0 Å². The lowest BCUT2D eigenvalue weighted by atomic mass is 9.75. The first-order chi connectivity index (χ1) is 27.8. The van der Waals surface area contributed by atoms with Gasteiger partial charge in [-0.1, -0.05) is 45.4 Å². The number of hydrogen-bond donors (Lipinski definition) is 8. The van der Waals surface area contributed by atoms with Crippen molar-refractivity contribution in [1.29, 1.82) is 0 Å². The number of hydrogen-bond acceptors (Lipinski definition) is 14. The van der Waals surface area contributed by atoms with E-state index in [2.05, 4.69) is 16.0 Å². The Hall–Kier alpha value is -2.96. The number of nitrogens with one attached hydrogen (secondary N) is 3. The van der Waals surface area contributed by atoms with Gasteiger partial charge in [0.1, 0.15) is 48.8 Å². The monoisotopic (exact) mass is 824 g/mol. The zero-order valence-corrected chi connectivity index (χ0v) is 33.8. The molecular formula is C40H64N4O14.